The lowest BCUT2D eigenvalue weighted by Crippen LogP contribution is -2.47. The van der Waals surface area contributed by atoms with Crippen LogP contribution in [-0.2, 0) is 4.79 Å². The van der Waals surface area contributed by atoms with Gasteiger partial charge in [0, 0.05) is 18.6 Å². The number of carbonyl (C=O) groups excluding carboxylic acids is 1. The number of amides is 1. The van der Waals surface area contributed by atoms with Crippen molar-refractivity contribution in [1.82, 2.24) is 15.5 Å². The van der Waals surface area contributed by atoms with Crippen LogP contribution in [0.4, 0.5) is 0 Å². The number of rotatable bonds is 9. The van der Waals surface area contributed by atoms with Crippen LogP contribution in [-0.4, -0.2) is 49.1 Å². The van der Waals surface area contributed by atoms with E-state index in [0.717, 1.165) is 32.6 Å². The van der Waals surface area contributed by atoms with Crippen LogP contribution in [0.15, 0.2) is 0 Å². The minimum atomic E-state index is -0.0996. The summed E-state index contributed by atoms with van der Waals surface area (Å²) in [4.78, 5) is 13.9. The van der Waals surface area contributed by atoms with E-state index in [2.05, 4.69) is 36.3 Å². The monoisotopic (exact) mass is 243 g/mol. The molecule has 0 aliphatic carbocycles. The van der Waals surface area contributed by atoms with Gasteiger partial charge in [0.05, 0.1) is 6.54 Å². The first kappa shape index (κ1) is 16.4. The molecule has 0 aliphatic rings. The molecule has 4 heteroatoms. The summed E-state index contributed by atoms with van der Waals surface area (Å²) in [5.41, 5.74) is -0.0996. The second kappa shape index (κ2) is 8.48. The Morgan fingerprint density at radius 1 is 1.18 bits per heavy atom. The second-order valence-electron chi connectivity index (χ2n) is 4.99. The predicted octanol–water partition coefficient (Wildman–Crippen LogP) is 1.22. The molecule has 0 atom stereocenters. The predicted molar refractivity (Wildman–Crippen MR) is 73.2 cm³/mol. The van der Waals surface area contributed by atoms with Gasteiger partial charge in [0.15, 0.2) is 0 Å². The van der Waals surface area contributed by atoms with Crippen molar-refractivity contribution >= 4 is 5.91 Å². The SMILES string of the molecule is CCN(CC)CCNCC(=O)NC(C)(C)CC. The van der Waals surface area contributed by atoms with Gasteiger partial charge < -0.3 is 15.5 Å². The zero-order valence-corrected chi connectivity index (χ0v) is 12.1. The Morgan fingerprint density at radius 2 is 1.76 bits per heavy atom. The van der Waals surface area contributed by atoms with Crippen LogP contribution < -0.4 is 10.6 Å². The van der Waals surface area contributed by atoms with Crippen molar-refractivity contribution in [2.24, 2.45) is 0 Å². The Hall–Kier alpha value is -0.610. The third-order valence-electron chi connectivity index (χ3n) is 3.15. The Balaban J connectivity index is 3.65. The molecular weight excluding hydrogens is 214 g/mol. The van der Waals surface area contributed by atoms with Crippen LogP contribution in [0.3, 0.4) is 0 Å². The Labute approximate surface area is 106 Å². The quantitative estimate of drug-likeness (QED) is 0.599. The molecule has 0 unspecified atom stereocenters. The van der Waals surface area contributed by atoms with Gasteiger partial charge >= 0.3 is 0 Å². The van der Waals surface area contributed by atoms with Crippen LogP contribution in [0, 0.1) is 0 Å². The second-order valence-corrected chi connectivity index (χ2v) is 4.99. The maximum absolute atomic E-state index is 11.6. The summed E-state index contributed by atoms with van der Waals surface area (Å²) >= 11 is 0. The molecule has 0 saturated carbocycles. The molecule has 4 nitrogen and oxygen atoms in total. The number of hydrogen-bond donors (Lipinski definition) is 2. The van der Waals surface area contributed by atoms with E-state index in [4.69, 9.17) is 0 Å². The Bertz CT molecular complexity index is 213. The van der Waals surface area contributed by atoms with Gasteiger partial charge in [-0.1, -0.05) is 20.8 Å². The van der Waals surface area contributed by atoms with Crippen molar-refractivity contribution in [1.29, 1.82) is 0 Å². The normalized spacial score (nSPS) is 11.9. The fourth-order valence-electron chi connectivity index (χ4n) is 1.49. The van der Waals surface area contributed by atoms with Gasteiger partial charge in [-0.25, -0.2) is 0 Å². The highest BCUT2D eigenvalue weighted by molar-refractivity contribution is 5.78. The molecule has 0 saturated heterocycles. The van der Waals surface area contributed by atoms with Crippen LogP contribution >= 0.6 is 0 Å². The standard InChI is InChI=1S/C13H29N3O/c1-6-13(4,5)15-12(17)11-14-9-10-16(7-2)8-3/h14H,6-11H2,1-5H3,(H,15,17). The van der Waals surface area contributed by atoms with Gasteiger partial charge in [-0.15, -0.1) is 0 Å². The molecule has 17 heavy (non-hydrogen) atoms. The lowest BCUT2D eigenvalue weighted by Gasteiger charge is -2.24. The molecule has 0 aromatic rings. The lowest BCUT2D eigenvalue weighted by molar-refractivity contribution is -0.121. The molecule has 0 aromatic heterocycles. The highest BCUT2D eigenvalue weighted by Crippen LogP contribution is 2.05. The van der Waals surface area contributed by atoms with Crippen molar-refractivity contribution < 1.29 is 4.79 Å². The van der Waals surface area contributed by atoms with Gasteiger partial charge in [-0.3, -0.25) is 4.79 Å². The third-order valence-corrected chi connectivity index (χ3v) is 3.15. The molecule has 0 spiro atoms. The fourth-order valence-corrected chi connectivity index (χ4v) is 1.49. The average molecular weight is 243 g/mol. The number of nitrogens with zero attached hydrogens (tertiary/aromatic N) is 1. The van der Waals surface area contributed by atoms with E-state index < -0.39 is 0 Å². The molecule has 0 aromatic carbocycles. The largest absolute Gasteiger partial charge is 0.350 e. The summed E-state index contributed by atoms with van der Waals surface area (Å²) in [5, 5.41) is 6.18. The molecule has 102 valence electrons. The zero-order chi connectivity index (χ0) is 13.3. The first-order valence-corrected chi connectivity index (χ1v) is 6.69. The van der Waals surface area contributed by atoms with E-state index in [1.165, 1.54) is 0 Å². The van der Waals surface area contributed by atoms with Crippen molar-refractivity contribution in [3.05, 3.63) is 0 Å². The number of carbonyl (C=O) groups is 1. The van der Waals surface area contributed by atoms with Gasteiger partial charge in [0.2, 0.25) is 5.91 Å². The van der Waals surface area contributed by atoms with Gasteiger partial charge in [0.1, 0.15) is 0 Å². The van der Waals surface area contributed by atoms with E-state index in [0.29, 0.717) is 6.54 Å². The summed E-state index contributed by atoms with van der Waals surface area (Å²) in [6.07, 6.45) is 0.943. The van der Waals surface area contributed by atoms with Gasteiger partial charge in [-0.2, -0.15) is 0 Å². The van der Waals surface area contributed by atoms with E-state index in [1.807, 2.05) is 13.8 Å². The zero-order valence-electron chi connectivity index (χ0n) is 12.1. The molecule has 0 fully saturated rings. The van der Waals surface area contributed by atoms with E-state index >= 15 is 0 Å². The van der Waals surface area contributed by atoms with Crippen molar-refractivity contribution in [2.45, 2.75) is 46.6 Å². The molecule has 0 rings (SSSR count). The maximum Gasteiger partial charge on any atom is 0.234 e. The molecule has 0 bridgehead atoms. The summed E-state index contributed by atoms with van der Waals surface area (Å²) in [7, 11) is 0. The maximum atomic E-state index is 11.6. The van der Waals surface area contributed by atoms with Gasteiger partial charge in [-0.05, 0) is 33.4 Å². The minimum absolute atomic E-state index is 0.0800. The number of hydrogen-bond acceptors (Lipinski definition) is 3. The summed E-state index contributed by atoms with van der Waals surface area (Å²) < 4.78 is 0. The van der Waals surface area contributed by atoms with Crippen molar-refractivity contribution in [2.75, 3.05) is 32.7 Å². The molecular formula is C13H29N3O. The summed E-state index contributed by atoms with van der Waals surface area (Å²) in [5.74, 6) is 0.0800. The molecule has 0 aliphatic heterocycles. The fraction of sp³-hybridized carbons (Fsp3) is 0.923. The number of likely N-dealkylation sites (N-methyl/N-ethyl adjacent to an activating group) is 1. The minimum Gasteiger partial charge on any atom is -0.350 e. The first-order valence-electron chi connectivity index (χ1n) is 6.69. The topological polar surface area (TPSA) is 44.4 Å². The summed E-state index contributed by atoms with van der Waals surface area (Å²) in [6.45, 7) is 14.9. The smallest absolute Gasteiger partial charge is 0.234 e. The first-order chi connectivity index (χ1) is 7.95. The third kappa shape index (κ3) is 8.16. The Kier molecular flexibility index (Phi) is 8.17. The molecule has 2 N–H and O–H groups in total. The highest BCUT2D eigenvalue weighted by Gasteiger charge is 2.16. The molecule has 0 radical (unpaired) electrons. The van der Waals surface area contributed by atoms with Crippen molar-refractivity contribution in [3.8, 4) is 0 Å². The van der Waals surface area contributed by atoms with Crippen LogP contribution in [0.25, 0.3) is 0 Å². The summed E-state index contributed by atoms with van der Waals surface area (Å²) in [6, 6.07) is 0. The van der Waals surface area contributed by atoms with Crippen molar-refractivity contribution in [3.63, 3.8) is 0 Å². The Morgan fingerprint density at radius 3 is 2.24 bits per heavy atom. The van der Waals surface area contributed by atoms with Crippen LogP contribution in [0.5, 0.6) is 0 Å². The molecule has 0 heterocycles. The van der Waals surface area contributed by atoms with E-state index in [9.17, 15) is 4.79 Å². The van der Waals surface area contributed by atoms with Gasteiger partial charge in [0.25, 0.3) is 0 Å². The van der Waals surface area contributed by atoms with Crippen LogP contribution in [0.2, 0.25) is 0 Å². The van der Waals surface area contributed by atoms with E-state index in [-0.39, 0.29) is 11.4 Å². The lowest BCUT2D eigenvalue weighted by atomic mass is 10.0. The highest BCUT2D eigenvalue weighted by atomic mass is 16.2. The number of nitrogens with one attached hydrogen (secondary N) is 2. The molecule has 1 amide bonds. The van der Waals surface area contributed by atoms with E-state index in [1.54, 1.807) is 0 Å². The van der Waals surface area contributed by atoms with Crippen LogP contribution in [0.1, 0.15) is 41.0 Å². The average Bonchev–Trinajstić information content (AvgIpc) is 2.29.